The van der Waals surface area contributed by atoms with E-state index in [0.29, 0.717) is 28.5 Å². The van der Waals surface area contributed by atoms with Gasteiger partial charge in [-0.25, -0.2) is 0 Å². The van der Waals surface area contributed by atoms with Crippen LogP contribution in [-0.2, 0) is 0 Å². The van der Waals surface area contributed by atoms with Crippen LogP contribution < -0.4 is 4.74 Å². The van der Waals surface area contributed by atoms with Crippen LogP contribution >= 0.6 is 34.2 Å². The zero-order valence-corrected chi connectivity index (χ0v) is 13.2. The van der Waals surface area contributed by atoms with Gasteiger partial charge in [-0.2, -0.15) is 0 Å². The number of para-hydroxylation sites is 1. The van der Waals surface area contributed by atoms with Crippen molar-refractivity contribution < 1.29 is 9.53 Å². The van der Waals surface area contributed by atoms with Gasteiger partial charge in [0.15, 0.2) is 5.78 Å². The van der Waals surface area contributed by atoms with Crippen molar-refractivity contribution >= 4 is 40.0 Å². The highest BCUT2D eigenvalue weighted by Crippen LogP contribution is 2.26. The van der Waals surface area contributed by atoms with E-state index >= 15 is 0 Å². The molecule has 2 aromatic rings. The monoisotopic (exact) mass is 386 g/mol. The van der Waals surface area contributed by atoms with Crippen LogP contribution in [0.25, 0.3) is 0 Å². The quantitative estimate of drug-likeness (QED) is 0.568. The van der Waals surface area contributed by atoms with E-state index in [1.54, 1.807) is 24.3 Å². The molecule has 0 fully saturated rings. The summed E-state index contributed by atoms with van der Waals surface area (Å²) >= 11 is 8.26. The van der Waals surface area contributed by atoms with Crippen molar-refractivity contribution in [2.45, 2.75) is 6.92 Å². The number of ketones is 1. The summed E-state index contributed by atoms with van der Waals surface area (Å²) in [6, 6.07) is 12.6. The second-order valence-corrected chi connectivity index (χ2v) is 5.54. The van der Waals surface area contributed by atoms with E-state index in [-0.39, 0.29) is 5.78 Å². The Bertz CT molecular complexity index is 611. The fourth-order valence-corrected chi connectivity index (χ4v) is 2.45. The Morgan fingerprint density at radius 2 is 1.95 bits per heavy atom. The topological polar surface area (TPSA) is 26.3 Å². The lowest BCUT2D eigenvalue weighted by Gasteiger charge is -2.10. The van der Waals surface area contributed by atoms with Gasteiger partial charge in [-0.15, -0.1) is 0 Å². The van der Waals surface area contributed by atoms with Crippen LogP contribution in [-0.4, -0.2) is 12.4 Å². The first-order valence-electron chi connectivity index (χ1n) is 5.85. The summed E-state index contributed by atoms with van der Waals surface area (Å²) in [5.41, 5.74) is 1.04. The minimum absolute atomic E-state index is 0.118. The van der Waals surface area contributed by atoms with Crippen LogP contribution in [0.15, 0.2) is 42.5 Å². The fraction of sp³-hybridized carbons (Fsp3) is 0.133. The largest absolute Gasteiger partial charge is 0.493 e. The molecule has 2 rings (SSSR count). The zero-order valence-electron chi connectivity index (χ0n) is 10.3. The van der Waals surface area contributed by atoms with Gasteiger partial charge in [-0.05, 0) is 59.8 Å². The average molecular weight is 387 g/mol. The van der Waals surface area contributed by atoms with Crippen molar-refractivity contribution in [1.82, 2.24) is 0 Å². The Labute approximate surface area is 130 Å². The number of hydrogen-bond acceptors (Lipinski definition) is 2. The molecular formula is C15H12ClIO2. The van der Waals surface area contributed by atoms with Gasteiger partial charge in [-0.1, -0.05) is 23.7 Å². The second-order valence-electron chi connectivity index (χ2n) is 3.88. The molecule has 0 atom stereocenters. The van der Waals surface area contributed by atoms with Crippen molar-refractivity contribution in [3.63, 3.8) is 0 Å². The second kappa shape index (κ2) is 6.39. The minimum Gasteiger partial charge on any atom is -0.493 e. The molecule has 98 valence electrons. The fourth-order valence-electron chi connectivity index (χ4n) is 1.75. The molecule has 0 aliphatic heterocycles. The van der Waals surface area contributed by atoms with Gasteiger partial charge in [0.1, 0.15) is 5.75 Å². The number of rotatable bonds is 4. The lowest BCUT2D eigenvalue weighted by molar-refractivity contribution is 0.103. The standard InChI is InChI=1S/C15H12ClIO2/c1-2-19-14-6-4-3-5-11(14)15(18)12-9-10(17)7-8-13(12)16/h3-9H,2H2,1H3. The summed E-state index contributed by atoms with van der Waals surface area (Å²) in [5.74, 6) is 0.470. The van der Waals surface area contributed by atoms with Crippen LogP contribution in [0.1, 0.15) is 22.8 Å². The van der Waals surface area contributed by atoms with Crippen LogP contribution in [0.5, 0.6) is 5.75 Å². The third-order valence-electron chi connectivity index (χ3n) is 2.60. The summed E-state index contributed by atoms with van der Waals surface area (Å²) < 4.78 is 6.46. The Kier molecular flexibility index (Phi) is 4.82. The van der Waals surface area contributed by atoms with Crippen LogP contribution in [0.2, 0.25) is 5.02 Å². The van der Waals surface area contributed by atoms with Gasteiger partial charge in [-0.3, -0.25) is 4.79 Å². The van der Waals surface area contributed by atoms with Crippen LogP contribution in [0.4, 0.5) is 0 Å². The summed E-state index contributed by atoms with van der Waals surface area (Å²) in [7, 11) is 0. The maximum absolute atomic E-state index is 12.5. The van der Waals surface area contributed by atoms with Crippen molar-refractivity contribution in [1.29, 1.82) is 0 Å². The van der Waals surface area contributed by atoms with Gasteiger partial charge in [0.05, 0.1) is 17.2 Å². The molecular weight excluding hydrogens is 375 g/mol. The van der Waals surface area contributed by atoms with Gasteiger partial charge in [0, 0.05) is 9.13 Å². The predicted octanol–water partition coefficient (Wildman–Crippen LogP) is 4.57. The highest BCUT2D eigenvalue weighted by Gasteiger charge is 2.17. The lowest BCUT2D eigenvalue weighted by atomic mass is 10.0. The molecule has 0 unspecified atom stereocenters. The van der Waals surface area contributed by atoms with Crippen molar-refractivity contribution in [2.24, 2.45) is 0 Å². The number of benzene rings is 2. The molecule has 0 N–H and O–H groups in total. The molecule has 0 spiro atoms. The Morgan fingerprint density at radius 3 is 2.68 bits per heavy atom. The minimum atomic E-state index is -0.118. The molecule has 0 aliphatic rings. The van der Waals surface area contributed by atoms with E-state index in [2.05, 4.69) is 22.6 Å². The van der Waals surface area contributed by atoms with E-state index in [4.69, 9.17) is 16.3 Å². The molecule has 0 saturated carbocycles. The van der Waals surface area contributed by atoms with Crippen molar-refractivity contribution in [3.8, 4) is 5.75 Å². The van der Waals surface area contributed by atoms with E-state index < -0.39 is 0 Å². The third kappa shape index (κ3) is 3.28. The average Bonchev–Trinajstić information content (AvgIpc) is 2.42. The molecule has 0 radical (unpaired) electrons. The molecule has 0 amide bonds. The lowest BCUT2D eigenvalue weighted by Crippen LogP contribution is -2.06. The first kappa shape index (κ1) is 14.3. The van der Waals surface area contributed by atoms with Crippen LogP contribution in [0, 0.1) is 3.57 Å². The Hall–Kier alpha value is -1.07. The summed E-state index contributed by atoms with van der Waals surface area (Å²) in [5, 5.41) is 0.455. The summed E-state index contributed by atoms with van der Waals surface area (Å²) in [4.78, 5) is 12.5. The van der Waals surface area contributed by atoms with Gasteiger partial charge in [0.25, 0.3) is 0 Å². The molecule has 19 heavy (non-hydrogen) atoms. The normalized spacial score (nSPS) is 10.3. The van der Waals surface area contributed by atoms with Gasteiger partial charge in [0.2, 0.25) is 0 Å². The molecule has 4 heteroatoms. The summed E-state index contributed by atoms with van der Waals surface area (Å²) in [6.07, 6.45) is 0. The number of carbonyl (C=O) groups excluding carboxylic acids is 1. The van der Waals surface area contributed by atoms with Crippen molar-refractivity contribution in [3.05, 3.63) is 62.2 Å². The molecule has 0 aliphatic carbocycles. The third-order valence-corrected chi connectivity index (χ3v) is 3.61. The molecule has 0 bridgehead atoms. The first-order valence-corrected chi connectivity index (χ1v) is 7.30. The van der Waals surface area contributed by atoms with Crippen molar-refractivity contribution in [2.75, 3.05) is 6.61 Å². The number of carbonyl (C=O) groups is 1. The van der Waals surface area contributed by atoms with Gasteiger partial charge >= 0.3 is 0 Å². The maximum Gasteiger partial charge on any atom is 0.198 e. The SMILES string of the molecule is CCOc1ccccc1C(=O)c1cc(I)ccc1Cl. The first-order chi connectivity index (χ1) is 9.13. The molecule has 0 aromatic heterocycles. The van der Waals surface area contributed by atoms with Crippen LogP contribution in [0.3, 0.4) is 0 Å². The van der Waals surface area contributed by atoms with E-state index in [1.165, 1.54) is 0 Å². The smallest absolute Gasteiger partial charge is 0.198 e. The van der Waals surface area contributed by atoms with E-state index in [1.807, 2.05) is 25.1 Å². The molecule has 2 aromatic carbocycles. The molecule has 0 saturated heterocycles. The summed E-state index contributed by atoms with van der Waals surface area (Å²) in [6.45, 7) is 2.41. The van der Waals surface area contributed by atoms with E-state index in [9.17, 15) is 4.79 Å². The van der Waals surface area contributed by atoms with E-state index in [0.717, 1.165) is 3.57 Å². The Morgan fingerprint density at radius 1 is 1.21 bits per heavy atom. The molecule has 2 nitrogen and oxygen atoms in total. The number of halogens is 2. The Balaban J connectivity index is 2.47. The number of ether oxygens (including phenoxy) is 1. The highest BCUT2D eigenvalue weighted by molar-refractivity contribution is 14.1. The van der Waals surface area contributed by atoms with Gasteiger partial charge < -0.3 is 4.74 Å². The highest BCUT2D eigenvalue weighted by atomic mass is 127. The number of hydrogen-bond donors (Lipinski definition) is 0. The maximum atomic E-state index is 12.5. The predicted molar refractivity (Wildman–Crippen MR) is 85.2 cm³/mol. The zero-order chi connectivity index (χ0) is 13.8. The molecule has 0 heterocycles.